The standard InChI is InChI=1S/C20H14ClN3O2/c21-15-9-8-14(20-24-19-17(26-20)7-4-10-22-19)12-16(15)23-18(25)11-13-5-2-1-3-6-13/h1-10,12H,11H2,(H,23,25). The smallest absolute Gasteiger partial charge is 0.228 e. The number of carbonyl (C=O) groups is 1. The van der Waals surface area contributed by atoms with E-state index in [2.05, 4.69) is 15.3 Å². The summed E-state index contributed by atoms with van der Waals surface area (Å²) in [5.74, 6) is 0.281. The monoisotopic (exact) mass is 363 g/mol. The van der Waals surface area contributed by atoms with Crippen LogP contribution >= 0.6 is 11.6 Å². The lowest BCUT2D eigenvalue weighted by molar-refractivity contribution is -0.115. The Morgan fingerprint density at radius 1 is 1.08 bits per heavy atom. The van der Waals surface area contributed by atoms with E-state index in [1.807, 2.05) is 30.3 Å². The van der Waals surface area contributed by atoms with Gasteiger partial charge in [-0.3, -0.25) is 4.79 Å². The zero-order valence-electron chi connectivity index (χ0n) is 13.6. The maximum Gasteiger partial charge on any atom is 0.228 e. The summed E-state index contributed by atoms with van der Waals surface area (Å²) < 4.78 is 5.72. The van der Waals surface area contributed by atoms with E-state index in [-0.39, 0.29) is 12.3 Å². The lowest BCUT2D eigenvalue weighted by atomic mass is 10.1. The highest BCUT2D eigenvalue weighted by molar-refractivity contribution is 6.33. The van der Waals surface area contributed by atoms with Crippen molar-refractivity contribution in [3.8, 4) is 11.5 Å². The number of pyridine rings is 1. The molecule has 1 amide bonds. The maximum absolute atomic E-state index is 12.3. The Hall–Kier alpha value is -3.18. The van der Waals surface area contributed by atoms with Crippen molar-refractivity contribution in [2.24, 2.45) is 0 Å². The van der Waals surface area contributed by atoms with Crippen molar-refractivity contribution in [1.29, 1.82) is 0 Å². The number of rotatable bonds is 4. The molecule has 4 rings (SSSR count). The number of nitrogens with one attached hydrogen (secondary N) is 1. The molecule has 0 spiro atoms. The molecule has 128 valence electrons. The molecule has 5 nitrogen and oxygen atoms in total. The number of hydrogen-bond donors (Lipinski definition) is 1. The van der Waals surface area contributed by atoms with Crippen LogP contribution in [0.3, 0.4) is 0 Å². The first-order valence-electron chi connectivity index (χ1n) is 8.04. The molecule has 0 saturated carbocycles. The Labute approximate surface area is 154 Å². The van der Waals surface area contributed by atoms with E-state index in [4.69, 9.17) is 16.0 Å². The molecule has 0 unspecified atom stereocenters. The molecule has 0 fully saturated rings. The van der Waals surface area contributed by atoms with Crippen molar-refractivity contribution in [2.75, 3.05) is 5.32 Å². The van der Waals surface area contributed by atoms with Gasteiger partial charge in [-0.2, -0.15) is 4.98 Å². The highest BCUT2D eigenvalue weighted by Crippen LogP contribution is 2.30. The van der Waals surface area contributed by atoms with Gasteiger partial charge in [-0.25, -0.2) is 4.98 Å². The van der Waals surface area contributed by atoms with Crippen molar-refractivity contribution < 1.29 is 9.21 Å². The number of nitrogens with zero attached hydrogens (tertiary/aromatic N) is 2. The predicted molar refractivity (Wildman–Crippen MR) is 101 cm³/mol. The molecular formula is C20H14ClN3O2. The second-order valence-electron chi connectivity index (χ2n) is 5.75. The third-order valence-corrected chi connectivity index (χ3v) is 4.19. The maximum atomic E-state index is 12.3. The van der Waals surface area contributed by atoms with Gasteiger partial charge in [0.05, 0.1) is 17.1 Å². The summed E-state index contributed by atoms with van der Waals surface area (Å²) in [5, 5.41) is 3.30. The van der Waals surface area contributed by atoms with Gasteiger partial charge < -0.3 is 9.73 Å². The SMILES string of the molecule is O=C(Cc1ccccc1)Nc1cc(-c2nc3ncccc3o2)ccc1Cl. The number of aromatic nitrogens is 2. The van der Waals surface area contributed by atoms with Crippen LogP contribution < -0.4 is 5.32 Å². The van der Waals surface area contributed by atoms with Gasteiger partial charge in [0.25, 0.3) is 0 Å². The molecule has 2 aromatic carbocycles. The van der Waals surface area contributed by atoms with Gasteiger partial charge in [-0.15, -0.1) is 0 Å². The second kappa shape index (κ2) is 6.98. The van der Waals surface area contributed by atoms with Crippen LogP contribution in [-0.2, 0) is 11.2 Å². The summed E-state index contributed by atoms with van der Waals surface area (Å²) in [5.41, 5.74) is 3.30. The molecular weight excluding hydrogens is 350 g/mol. The van der Waals surface area contributed by atoms with E-state index in [0.29, 0.717) is 33.4 Å². The first kappa shape index (κ1) is 16.3. The fourth-order valence-electron chi connectivity index (χ4n) is 2.62. The van der Waals surface area contributed by atoms with E-state index in [1.54, 1.807) is 36.5 Å². The van der Waals surface area contributed by atoms with Crippen LogP contribution in [0.4, 0.5) is 5.69 Å². The van der Waals surface area contributed by atoms with E-state index < -0.39 is 0 Å². The molecule has 2 heterocycles. The summed E-state index contributed by atoms with van der Waals surface area (Å²) in [7, 11) is 0. The number of hydrogen-bond acceptors (Lipinski definition) is 4. The zero-order chi connectivity index (χ0) is 17.9. The van der Waals surface area contributed by atoms with Crippen molar-refractivity contribution in [1.82, 2.24) is 9.97 Å². The summed E-state index contributed by atoms with van der Waals surface area (Å²) in [4.78, 5) is 20.8. The van der Waals surface area contributed by atoms with E-state index in [9.17, 15) is 4.79 Å². The molecule has 0 atom stereocenters. The normalized spacial score (nSPS) is 10.8. The minimum Gasteiger partial charge on any atom is -0.434 e. The Morgan fingerprint density at radius 3 is 2.73 bits per heavy atom. The van der Waals surface area contributed by atoms with Crippen LogP contribution in [0.25, 0.3) is 22.7 Å². The molecule has 26 heavy (non-hydrogen) atoms. The van der Waals surface area contributed by atoms with Crippen molar-refractivity contribution in [3.63, 3.8) is 0 Å². The quantitative estimate of drug-likeness (QED) is 0.569. The van der Waals surface area contributed by atoms with E-state index in [0.717, 1.165) is 5.56 Å². The number of carbonyl (C=O) groups excluding carboxylic acids is 1. The lowest BCUT2D eigenvalue weighted by Crippen LogP contribution is -2.14. The van der Waals surface area contributed by atoms with Crippen molar-refractivity contribution >= 4 is 34.4 Å². The minimum absolute atomic E-state index is 0.144. The molecule has 0 radical (unpaired) electrons. The number of benzene rings is 2. The van der Waals surface area contributed by atoms with Gasteiger partial charge in [0.1, 0.15) is 0 Å². The van der Waals surface area contributed by atoms with Gasteiger partial charge in [0.15, 0.2) is 11.2 Å². The molecule has 0 bridgehead atoms. The lowest BCUT2D eigenvalue weighted by Gasteiger charge is -2.08. The number of fused-ring (bicyclic) bond motifs is 1. The van der Waals surface area contributed by atoms with Crippen LogP contribution in [-0.4, -0.2) is 15.9 Å². The van der Waals surface area contributed by atoms with Gasteiger partial charge >= 0.3 is 0 Å². The minimum atomic E-state index is -0.144. The van der Waals surface area contributed by atoms with Gasteiger partial charge in [-0.1, -0.05) is 41.9 Å². The van der Waals surface area contributed by atoms with Crippen LogP contribution in [0, 0.1) is 0 Å². The summed E-state index contributed by atoms with van der Waals surface area (Å²) >= 11 is 6.23. The molecule has 6 heteroatoms. The fourth-order valence-corrected chi connectivity index (χ4v) is 2.79. The third-order valence-electron chi connectivity index (χ3n) is 3.86. The topological polar surface area (TPSA) is 68.0 Å². The first-order valence-corrected chi connectivity index (χ1v) is 8.42. The number of halogens is 1. The molecule has 2 aromatic heterocycles. The highest BCUT2D eigenvalue weighted by atomic mass is 35.5. The Kier molecular flexibility index (Phi) is 4.37. The van der Waals surface area contributed by atoms with Crippen LogP contribution in [0.5, 0.6) is 0 Å². The molecule has 0 aliphatic heterocycles. The average Bonchev–Trinajstić information content (AvgIpc) is 3.08. The third kappa shape index (κ3) is 3.43. The van der Waals surface area contributed by atoms with Crippen LogP contribution in [0.15, 0.2) is 71.3 Å². The van der Waals surface area contributed by atoms with Crippen LogP contribution in [0.2, 0.25) is 5.02 Å². The van der Waals surface area contributed by atoms with E-state index in [1.165, 1.54) is 0 Å². The van der Waals surface area contributed by atoms with Gasteiger partial charge in [-0.05, 0) is 35.9 Å². The van der Waals surface area contributed by atoms with Gasteiger partial charge in [0.2, 0.25) is 11.8 Å². The zero-order valence-corrected chi connectivity index (χ0v) is 14.4. The summed E-state index contributed by atoms with van der Waals surface area (Å²) in [6.45, 7) is 0. The number of anilines is 1. The molecule has 1 N–H and O–H groups in total. The number of amides is 1. The summed E-state index contributed by atoms with van der Waals surface area (Å²) in [6, 6.07) is 18.4. The average molecular weight is 364 g/mol. The summed E-state index contributed by atoms with van der Waals surface area (Å²) in [6.07, 6.45) is 1.93. The van der Waals surface area contributed by atoms with Crippen molar-refractivity contribution in [3.05, 3.63) is 77.4 Å². The number of oxazole rings is 1. The van der Waals surface area contributed by atoms with Crippen molar-refractivity contribution in [2.45, 2.75) is 6.42 Å². The Morgan fingerprint density at radius 2 is 1.92 bits per heavy atom. The second-order valence-corrected chi connectivity index (χ2v) is 6.16. The Balaban J connectivity index is 1.59. The largest absolute Gasteiger partial charge is 0.434 e. The first-order chi connectivity index (χ1) is 12.7. The Bertz CT molecular complexity index is 1040. The molecule has 4 aromatic rings. The highest BCUT2D eigenvalue weighted by Gasteiger charge is 2.13. The predicted octanol–water partition coefficient (Wildman–Crippen LogP) is 4.72. The van der Waals surface area contributed by atoms with E-state index >= 15 is 0 Å². The molecule has 0 aliphatic carbocycles. The van der Waals surface area contributed by atoms with Gasteiger partial charge in [0, 0.05) is 11.8 Å². The fraction of sp³-hybridized carbons (Fsp3) is 0.0500. The van der Waals surface area contributed by atoms with Crippen LogP contribution in [0.1, 0.15) is 5.56 Å². The molecule has 0 aliphatic rings. The molecule has 0 saturated heterocycles.